The van der Waals surface area contributed by atoms with E-state index in [0.29, 0.717) is 10.6 Å². The second-order valence-corrected chi connectivity index (χ2v) is 5.85. The van der Waals surface area contributed by atoms with Crippen LogP contribution in [0.5, 0.6) is 0 Å². The summed E-state index contributed by atoms with van der Waals surface area (Å²) in [4.78, 5) is 22.9. The van der Waals surface area contributed by atoms with Crippen LogP contribution >= 0.6 is 27.5 Å². The Balaban J connectivity index is 2.72. The van der Waals surface area contributed by atoms with Crippen molar-refractivity contribution in [1.82, 2.24) is 5.32 Å². The molecule has 0 bridgehead atoms. The zero-order valence-electron chi connectivity index (χ0n) is 10.6. The minimum atomic E-state index is -0.919. The first-order chi connectivity index (χ1) is 8.82. The van der Waals surface area contributed by atoms with Gasteiger partial charge in [0.1, 0.15) is 0 Å². The lowest BCUT2D eigenvalue weighted by atomic mass is 9.96. The first-order valence-corrected chi connectivity index (χ1v) is 6.96. The van der Waals surface area contributed by atoms with Gasteiger partial charge in [-0.3, -0.25) is 9.59 Å². The van der Waals surface area contributed by atoms with Crippen molar-refractivity contribution < 1.29 is 14.7 Å². The zero-order valence-corrected chi connectivity index (χ0v) is 13.0. The Kier molecular flexibility index (Phi) is 5.82. The molecule has 1 atom stereocenters. The van der Waals surface area contributed by atoms with E-state index in [4.69, 9.17) is 16.7 Å². The van der Waals surface area contributed by atoms with Crippen molar-refractivity contribution in [3.63, 3.8) is 0 Å². The summed E-state index contributed by atoms with van der Waals surface area (Å²) in [6, 6.07) is 4.92. The van der Waals surface area contributed by atoms with Crippen molar-refractivity contribution in [2.75, 3.05) is 6.54 Å². The molecule has 0 spiro atoms. The van der Waals surface area contributed by atoms with Crippen LogP contribution in [0.4, 0.5) is 0 Å². The molecular weight excluding hydrogens is 334 g/mol. The number of carbonyl (C=O) groups excluding carboxylic acids is 1. The molecule has 104 valence electrons. The number of hydrogen-bond donors (Lipinski definition) is 2. The van der Waals surface area contributed by atoms with Gasteiger partial charge >= 0.3 is 5.97 Å². The van der Waals surface area contributed by atoms with Crippen LogP contribution in [0, 0.1) is 11.8 Å². The lowest BCUT2D eigenvalue weighted by Gasteiger charge is -2.17. The SMILES string of the molecule is CC(C)C(CNC(=O)c1ccc(Br)cc1Cl)C(=O)O. The van der Waals surface area contributed by atoms with Gasteiger partial charge in [-0.1, -0.05) is 41.4 Å². The van der Waals surface area contributed by atoms with Gasteiger partial charge in [-0.2, -0.15) is 0 Å². The van der Waals surface area contributed by atoms with Gasteiger partial charge < -0.3 is 10.4 Å². The molecule has 0 heterocycles. The van der Waals surface area contributed by atoms with E-state index in [2.05, 4.69) is 21.2 Å². The van der Waals surface area contributed by atoms with Gasteiger partial charge in [0.05, 0.1) is 16.5 Å². The summed E-state index contributed by atoms with van der Waals surface area (Å²) < 4.78 is 0.777. The van der Waals surface area contributed by atoms with Crippen molar-refractivity contribution in [3.05, 3.63) is 33.3 Å². The molecule has 0 fully saturated rings. The Morgan fingerprint density at radius 1 is 1.42 bits per heavy atom. The van der Waals surface area contributed by atoms with E-state index in [0.717, 1.165) is 4.47 Å². The topological polar surface area (TPSA) is 66.4 Å². The summed E-state index contributed by atoms with van der Waals surface area (Å²) in [5.41, 5.74) is 0.331. The van der Waals surface area contributed by atoms with Crippen molar-refractivity contribution in [1.29, 1.82) is 0 Å². The molecule has 0 radical (unpaired) electrons. The molecule has 19 heavy (non-hydrogen) atoms. The molecule has 0 saturated carbocycles. The molecule has 1 aromatic carbocycles. The summed E-state index contributed by atoms with van der Waals surface area (Å²) >= 11 is 9.21. The Hall–Kier alpha value is -1.07. The smallest absolute Gasteiger partial charge is 0.308 e. The highest BCUT2D eigenvalue weighted by Gasteiger charge is 2.22. The second kappa shape index (κ2) is 6.91. The van der Waals surface area contributed by atoms with Gasteiger partial charge in [-0.15, -0.1) is 0 Å². The van der Waals surface area contributed by atoms with E-state index >= 15 is 0 Å². The van der Waals surface area contributed by atoms with Gasteiger partial charge in [0.15, 0.2) is 0 Å². The molecule has 0 aliphatic rings. The number of amides is 1. The Labute approximate surface area is 125 Å². The minimum Gasteiger partial charge on any atom is -0.481 e. The molecule has 0 aliphatic carbocycles. The minimum absolute atomic E-state index is 0.0572. The number of aliphatic carboxylic acids is 1. The van der Waals surface area contributed by atoms with E-state index in [-0.39, 0.29) is 18.4 Å². The Morgan fingerprint density at radius 3 is 2.53 bits per heavy atom. The molecule has 0 aromatic heterocycles. The summed E-state index contributed by atoms with van der Waals surface area (Å²) in [5, 5.41) is 12.0. The number of carboxylic acids is 1. The van der Waals surface area contributed by atoms with Gasteiger partial charge in [-0.25, -0.2) is 0 Å². The molecule has 1 amide bonds. The van der Waals surface area contributed by atoms with E-state index in [9.17, 15) is 9.59 Å². The molecule has 1 rings (SSSR count). The highest BCUT2D eigenvalue weighted by molar-refractivity contribution is 9.10. The summed E-state index contributed by atoms with van der Waals surface area (Å²) in [7, 11) is 0. The first kappa shape index (κ1) is 16.0. The lowest BCUT2D eigenvalue weighted by Crippen LogP contribution is -2.35. The third-order valence-corrected chi connectivity index (χ3v) is 3.59. The molecule has 4 nitrogen and oxygen atoms in total. The predicted octanol–water partition coefficient (Wildman–Crippen LogP) is 3.19. The van der Waals surface area contributed by atoms with Crippen LogP contribution in [0.3, 0.4) is 0 Å². The Bertz CT molecular complexity index is 491. The van der Waals surface area contributed by atoms with Gasteiger partial charge in [-0.05, 0) is 24.1 Å². The number of hydrogen-bond acceptors (Lipinski definition) is 2. The Morgan fingerprint density at radius 2 is 2.05 bits per heavy atom. The lowest BCUT2D eigenvalue weighted by molar-refractivity contribution is -0.142. The molecule has 0 saturated heterocycles. The van der Waals surface area contributed by atoms with Crippen LogP contribution < -0.4 is 5.32 Å². The van der Waals surface area contributed by atoms with Crippen LogP contribution in [0.15, 0.2) is 22.7 Å². The number of halogens is 2. The summed E-state index contributed by atoms with van der Waals surface area (Å²) in [6.45, 7) is 3.69. The normalized spacial score (nSPS) is 12.3. The highest BCUT2D eigenvalue weighted by Crippen LogP contribution is 2.21. The predicted molar refractivity (Wildman–Crippen MR) is 77.4 cm³/mol. The fourth-order valence-electron chi connectivity index (χ4n) is 1.58. The molecule has 6 heteroatoms. The third kappa shape index (κ3) is 4.51. The van der Waals surface area contributed by atoms with Crippen LogP contribution in [0.2, 0.25) is 5.02 Å². The number of carbonyl (C=O) groups is 2. The molecule has 1 aromatic rings. The number of nitrogens with one attached hydrogen (secondary N) is 1. The maximum absolute atomic E-state index is 11.9. The standard InChI is InChI=1S/C13H15BrClNO3/c1-7(2)10(13(18)19)6-16-12(17)9-4-3-8(14)5-11(9)15/h3-5,7,10H,6H2,1-2H3,(H,16,17)(H,18,19). The highest BCUT2D eigenvalue weighted by atomic mass is 79.9. The molecule has 0 aliphatic heterocycles. The van der Waals surface area contributed by atoms with E-state index in [1.54, 1.807) is 32.0 Å². The first-order valence-electron chi connectivity index (χ1n) is 5.79. The summed E-state index contributed by atoms with van der Waals surface area (Å²) in [5.74, 6) is -1.96. The van der Waals surface area contributed by atoms with Gasteiger partial charge in [0, 0.05) is 11.0 Å². The largest absolute Gasteiger partial charge is 0.481 e. The van der Waals surface area contributed by atoms with Gasteiger partial charge in [0.25, 0.3) is 5.91 Å². The van der Waals surface area contributed by atoms with Crippen molar-refractivity contribution in [3.8, 4) is 0 Å². The molecule has 1 unspecified atom stereocenters. The molecule has 2 N–H and O–H groups in total. The van der Waals surface area contributed by atoms with Crippen molar-refractivity contribution in [2.45, 2.75) is 13.8 Å². The van der Waals surface area contributed by atoms with Crippen LogP contribution in [0.1, 0.15) is 24.2 Å². The molecular formula is C13H15BrClNO3. The number of benzene rings is 1. The zero-order chi connectivity index (χ0) is 14.6. The van der Waals surface area contributed by atoms with Crippen molar-refractivity contribution >= 4 is 39.4 Å². The van der Waals surface area contributed by atoms with E-state index < -0.39 is 11.9 Å². The average molecular weight is 349 g/mol. The quantitative estimate of drug-likeness (QED) is 0.859. The fraction of sp³-hybridized carbons (Fsp3) is 0.385. The number of rotatable bonds is 5. The third-order valence-electron chi connectivity index (χ3n) is 2.78. The average Bonchev–Trinajstić information content (AvgIpc) is 2.27. The maximum Gasteiger partial charge on any atom is 0.308 e. The van der Waals surface area contributed by atoms with Gasteiger partial charge in [0.2, 0.25) is 0 Å². The van der Waals surface area contributed by atoms with Crippen LogP contribution in [-0.2, 0) is 4.79 Å². The number of carboxylic acid groups (broad SMARTS) is 1. The maximum atomic E-state index is 11.9. The van der Waals surface area contributed by atoms with Crippen LogP contribution in [-0.4, -0.2) is 23.5 Å². The van der Waals surface area contributed by atoms with Crippen LogP contribution in [0.25, 0.3) is 0 Å². The monoisotopic (exact) mass is 347 g/mol. The second-order valence-electron chi connectivity index (χ2n) is 4.52. The van der Waals surface area contributed by atoms with Crippen molar-refractivity contribution in [2.24, 2.45) is 11.8 Å². The summed E-state index contributed by atoms with van der Waals surface area (Å²) in [6.07, 6.45) is 0. The fourth-order valence-corrected chi connectivity index (χ4v) is 2.34. The van der Waals surface area contributed by atoms with E-state index in [1.165, 1.54) is 0 Å². The van der Waals surface area contributed by atoms with E-state index in [1.807, 2.05) is 0 Å².